The van der Waals surface area contributed by atoms with Crippen LogP contribution in [-0.4, -0.2) is 10.5 Å². The molecule has 0 aliphatic heterocycles. The maximum Gasteiger partial charge on any atom is 0.180 e. The zero-order chi connectivity index (χ0) is 11.1. The van der Waals surface area contributed by atoms with Crippen molar-refractivity contribution in [3.63, 3.8) is 0 Å². The first-order chi connectivity index (χ1) is 6.96. The van der Waals surface area contributed by atoms with E-state index in [0.717, 1.165) is 6.54 Å². The molecular weight excluding hydrogens is 206 g/mol. The summed E-state index contributed by atoms with van der Waals surface area (Å²) in [6.45, 7) is 7.42. The first-order valence-electron chi connectivity index (χ1n) is 5.46. The summed E-state index contributed by atoms with van der Waals surface area (Å²) in [6.07, 6.45) is 2.57. The highest BCUT2D eigenvalue weighted by Crippen LogP contribution is 2.43. The fourth-order valence-corrected chi connectivity index (χ4v) is 2.39. The van der Waals surface area contributed by atoms with Crippen LogP contribution in [-0.2, 0) is 6.54 Å². The van der Waals surface area contributed by atoms with E-state index in [1.54, 1.807) is 11.3 Å². The quantitative estimate of drug-likeness (QED) is 0.831. The SMILES string of the molecule is CC(C)(C)NCc1sc(N)nc1C1CC1. The van der Waals surface area contributed by atoms with Gasteiger partial charge in [-0.2, -0.15) is 0 Å². The van der Waals surface area contributed by atoms with Crippen molar-refractivity contribution in [3.05, 3.63) is 10.6 Å². The van der Waals surface area contributed by atoms with Gasteiger partial charge in [0.1, 0.15) is 0 Å². The molecule has 0 unspecified atom stereocenters. The van der Waals surface area contributed by atoms with Gasteiger partial charge in [-0.3, -0.25) is 0 Å². The third-order valence-corrected chi connectivity index (χ3v) is 3.39. The second-order valence-electron chi connectivity index (χ2n) is 5.24. The summed E-state index contributed by atoms with van der Waals surface area (Å²) in [7, 11) is 0. The van der Waals surface area contributed by atoms with Crippen LogP contribution in [0.3, 0.4) is 0 Å². The number of thiazole rings is 1. The van der Waals surface area contributed by atoms with E-state index in [0.29, 0.717) is 11.0 Å². The minimum absolute atomic E-state index is 0.152. The molecular formula is C11H19N3S. The fourth-order valence-electron chi connectivity index (χ4n) is 1.53. The van der Waals surface area contributed by atoms with Crippen molar-refractivity contribution in [2.24, 2.45) is 0 Å². The Labute approximate surface area is 95.1 Å². The largest absolute Gasteiger partial charge is 0.375 e. The van der Waals surface area contributed by atoms with E-state index in [1.807, 2.05) is 0 Å². The van der Waals surface area contributed by atoms with E-state index in [9.17, 15) is 0 Å². The second kappa shape index (κ2) is 3.76. The summed E-state index contributed by atoms with van der Waals surface area (Å²) < 4.78 is 0. The van der Waals surface area contributed by atoms with Crippen molar-refractivity contribution >= 4 is 16.5 Å². The molecule has 3 N–H and O–H groups in total. The molecule has 84 valence electrons. The fraction of sp³-hybridized carbons (Fsp3) is 0.727. The van der Waals surface area contributed by atoms with Gasteiger partial charge in [-0.25, -0.2) is 4.98 Å². The zero-order valence-corrected chi connectivity index (χ0v) is 10.4. The lowest BCUT2D eigenvalue weighted by Crippen LogP contribution is -2.35. The molecule has 0 spiro atoms. The van der Waals surface area contributed by atoms with E-state index in [4.69, 9.17) is 5.73 Å². The van der Waals surface area contributed by atoms with E-state index in [-0.39, 0.29) is 5.54 Å². The Bertz CT molecular complexity index is 347. The molecule has 0 bridgehead atoms. The van der Waals surface area contributed by atoms with Crippen molar-refractivity contribution in [3.8, 4) is 0 Å². The van der Waals surface area contributed by atoms with Crippen molar-refractivity contribution in [1.29, 1.82) is 0 Å². The summed E-state index contributed by atoms with van der Waals surface area (Å²) in [5.41, 5.74) is 7.16. The van der Waals surface area contributed by atoms with Crippen LogP contribution in [0.25, 0.3) is 0 Å². The normalized spacial score (nSPS) is 17.0. The lowest BCUT2D eigenvalue weighted by Gasteiger charge is -2.20. The number of nitrogens with two attached hydrogens (primary N) is 1. The van der Waals surface area contributed by atoms with Gasteiger partial charge in [-0.05, 0) is 33.6 Å². The van der Waals surface area contributed by atoms with Crippen LogP contribution in [0.4, 0.5) is 5.13 Å². The number of nitrogens with one attached hydrogen (secondary N) is 1. The van der Waals surface area contributed by atoms with Crippen LogP contribution in [0.2, 0.25) is 0 Å². The standard InChI is InChI=1S/C11H19N3S/c1-11(2,3)13-6-8-9(7-4-5-7)14-10(12)15-8/h7,13H,4-6H2,1-3H3,(H2,12,14). The molecule has 1 saturated carbocycles. The molecule has 0 saturated heterocycles. The van der Waals surface area contributed by atoms with Crippen LogP contribution in [0.15, 0.2) is 0 Å². The van der Waals surface area contributed by atoms with Gasteiger partial charge in [-0.1, -0.05) is 0 Å². The summed E-state index contributed by atoms with van der Waals surface area (Å²) in [5.74, 6) is 0.690. The number of aromatic nitrogens is 1. The maximum atomic E-state index is 5.76. The Morgan fingerprint density at radius 2 is 2.13 bits per heavy atom. The molecule has 0 radical (unpaired) electrons. The van der Waals surface area contributed by atoms with Crippen LogP contribution < -0.4 is 11.1 Å². The number of nitrogen functional groups attached to an aromatic ring is 1. The monoisotopic (exact) mass is 225 g/mol. The Hall–Kier alpha value is -0.610. The average Bonchev–Trinajstić information content (AvgIpc) is 2.86. The van der Waals surface area contributed by atoms with Crippen LogP contribution >= 0.6 is 11.3 Å². The molecule has 0 atom stereocenters. The molecule has 1 fully saturated rings. The Morgan fingerprint density at radius 3 is 2.67 bits per heavy atom. The Morgan fingerprint density at radius 1 is 1.47 bits per heavy atom. The molecule has 4 heteroatoms. The lowest BCUT2D eigenvalue weighted by atomic mass is 10.1. The van der Waals surface area contributed by atoms with Crippen LogP contribution in [0.1, 0.15) is 50.1 Å². The van der Waals surface area contributed by atoms with Gasteiger partial charge < -0.3 is 11.1 Å². The van der Waals surface area contributed by atoms with E-state index in [2.05, 4.69) is 31.1 Å². The van der Waals surface area contributed by atoms with Crippen LogP contribution in [0.5, 0.6) is 0 Å². The number of nitrogens with zero attached hydrogens (tertiary/aromatic N) is 1. The average molecular weight is 225 g/mol. The minimum Gasteiger partial charge on any atom is -0.375 e. The van der Waals surface area contributed by atoms with Crippen molar-refractivity contribution in [2.45, 2.75) is 51.6 Å². The van der Waals surface area contributed by atoms with E-state index in [1.165, 1.54) is 23.4 Å². The van der Waals surface area contributed by atoms with Gasteiger partial charge in [0.05, 0.1) is 5.69 Å². The highest BCUT2D eigenvalue weighted by molar-refractivity contribution is 7.15. The van der Waals surface area contributed by atoms with Gasteiger partial charge >= 0.3 is 0 Å². The Kier molecular flexibility index (Phi) is 2.73. The predicted molar refractivity (Wildman–Crippen MR) is 65.1 cm³/mol. The smallest absolute Gasteiger partial charge is 0.180 e. The zero-order valence-electron chi connectivity index (χ0n) is 9.63. The third-order valence-electron chi connectivity index (χ3n) is 2.49. The van der Waals surface area contributed by atoms with E-state index < -0.39 is 0 Å². The van der Waals surface area contributed by atoms with Gasteiger partial charge in [-0.15, -0.1) is 11.3 Å². The van der Waals surface area contributed by atoms with Crippen molar-refractivity contribution in [1.82, 2.24) is 10.3 Å². The lowest BCUT2D eigenvalue weighted by molar-refractivity contribution is 0.425. The second-order valence-corrected chi connectivity index (χ2v) is 6.35. The highest BCUT2D eigenvalue weighted by Gasteiger charge is 2.29. The summed E-state index contributed by atoms with van der Waals surface area (Å²) in [6, 6.07) is 0. The first kappa shape index (κ1) is 10.9. The molecule has 1 aromatic rings. The number of anilines is 1. The molecule has 2 rings (SSSR count). The van der Waals surface area contributed by atoms with Crippen molar-refractivity contribution < 1.29 is 0 Å². The minimum atomic E-state index is 0.152. The molecule has 15 heavy (non-hydrogen) atoms. The molecule has 0 amide bonds. The van der Waals surface area contributed by atoms with Gasteiger partial charge in [0.15, 0.2) is 5.13 Å². The van der Waals surface area contributed by atoms with Crippen LogP contribution in [0, 0.1) is 0 Å². The number of hydrogen-bond acceptors (Lipinski definition) is 4. The molecule has 1 aliphatic carbocycles. The van der Waals surface area contributed by atoms with Crippen molar-refractivity contribution in [2.75, 3.05) is 5.73 Å². The summed E-state index contributed by atoms with van der Waals surface area (Å²) >= 11 is 1.63. The topological polar surface area (TPSA) is 50.9 Å². The molecule has 1 aromatic heterocycles. The van der Waals surface area contributed by atoms with Gasteiger partial charge in [0.25, 0.3) is 0 Å². The summed E-state index contributed by atoms with van der Waals surface area (Å²) in [4.78, 5) is 5.75. The molecule has 1 heterocycles. The maximum absolute atomic E-state index is 5.76. The van der Waals surface area contributed by atoms with Gasteiger partial charge in [0, 0.05) is 22.9 Å². The first-order valence-corrected chi connectivity index (χ1v) is 6.27. The predicted octanol–water partition coefficient (Wildman–Crippen LogP) is 2.49. The molecule has 0 aromatic carbocycles. The number of hydrogen-bond donors (Lipinski definition) is 2. The third kappa shape index (κ3) is 2.92. The Balaban J connectivity index is 2.06. The van der Waals surface area contributed by atoms with Gasteiger partial charge in [0.2, 0.25) is 0 Å². The molecule has 3 nitrogen and oxygen atoms in total. The van der Waals surface area contributed by atoms with E-state index >= 15 is 0 Å². The highest BCUT2D eigenvalue weighted by atomic mass is 32.1. The molecule has 1 aliphatic rings. The summed E-state index contributed by atoms with van der Waals surface area (Å²) in [5, 5.41) is 4.20. The number of rotatable bonds is 3.